The predicted octanol–water partition coefficient (Wildman–Crippen LogP) is 4.23. The summed E-state index contributed by atoms with van der Waals surface area (Å²) in [5.41, 5.74) is 4.73. The Kier molecular flexibility index (Phi) is 3.79. The van der Waals surface area contributed by atoms with Gasteiger partial charge in [-0.2, -0.15) is 5.10 Å². The number of aromatic nitrogens is 4. The van der Waals surface area contributed by atoms with Gasteiger partial charge in [0, 0.05) is 24.3 Å². The topological polar surface area (TPSA) is 68.8 Å². The van der Waals surface area contributed by atoms with Crippen LogP contribution in [0.4, 0.5) is 5.82 Å². The fraction of sp³-hybridized carbons (Fsp3) is 0.0952. The summed E-state index contributed by atoms with van der Waals surface area (Å²) in [5, 5.41) is 8.70. The van der Waals surface area contributed by atoms with Crippen LogP contribution in [-0.2, 0) is 13.1 Å². The van der Waals surface area contributed by atoms with Crippen LogP contribution in [0, 0.1) is 0 Å². The molecule has 1 N–H and O–H groups in total. The minimum atomic E-state index is 0.639. The maximum absolute atomic E-state index is 5.99. The summed E-state index contributed by atoms with van der Waals surface area (Å²) in [6.45, 7) is 1.37. The summed E-state index contributed by atoms with van der Waals surface area (Å²) in [4.78, 5) is 8.79. The van der Waals surface area contributed by atoms with E-state index in [1.165, 1.54) is 11.1 Å². The van der Waals surface area contributed by atoms with Crippen molar-refractivity contribution in [3.8, 4) is 0 Å². The van der Waals surface area contributed by atoms with Crippen LogP contribution in [0.3, 0.4) is 0 Å². The van der Waals surface area contributed by atoms with E-state index in [1.54, 1.807) is 12.5 Å². The Morgan fingerprint density at radius 3 is 2.67 bits per heavy atom. The second-order valence-electron chi connectivity index (χ2n) is 6.32. The van der Waals surface area contributed by atoms with Crippen molar-refractivity contribution in [2.45, 2.75) is 13.1 Å². The Morgan fingerprint density at radius 1 is 0.926 bits per heavy atom. The Hall–Kier alpha value is -3.67. The molecule has 0 amide bonds. The second kappa shape index (κ2) is 6.57. The monoisotopic (exact) mass is 355 g/mol. The lowest BCUT2D eigenvalue weighted by Crippen LogP contribution is -2.08. The number of benzene rings is 2. The molecule has 0 bridgehead atoms. The summed E-state index contributed by atoms with van der Waals surface area (Å²) >= 11 is 0. The number of rotatable bonds is 5. The lowest BCUT2D eigenvalue weighted by atomic mass is 10.1. The third-order valence-electron chi connectivity index (χ3n) is 4.61. The molecule has 5 rings (SSSR count). The average Bonchev–Trinajstić information content (AvgIpc) is 3.35. The number of nitrogens with one attached hydrogen (secondary N) is 1. The summed E-state index contributed by atoms with van der Waals surface area (Å²) in [6.07, 6.45) is 5.33. The van der Waals surface area contributed by atoms with Crippen LogP contribution in [0.15, 0.2) is 77.7 Å². The van der Waals surface area contributed by atoms with Gasteiger partial charge in [-0.3, -0.25) is 4.68 Å². The molecule has 0 aliphatic rings. The molecule has 6 nitrogen and oxygen atoms in total. The number of fused-ring (bicyclic) bond motifs is 3. The van der Waals surface area contributed by atoms with Crippen LogP contribution >= 0.6 is 0 Å². The number of hydrogen-bond donors (Lipinski definition) is 1. The summed E-state index contributed by atoms with van der Waals surface area (Å²) in [5.74, 6) is 0.699. The smallest absolute Gasteiger partial charge is 0.196 e. The van der Waals surface area contributed by atoms with Gasteiger partial charge in [-0.05, 0) is 29.3 Å². The minimum Gasteiger partial charge on any atom is -0.450 e. The van der Waals surface area contributed by atoms with Gasteiger partial charge in [0.15, 0.2) is 11.4 Å². The Morgan fingerprint density at radius 2 is 1.78 bits per heavy atom. The molecule has 0 aliphatic heterocycles. The highest BCUT2D eigenvalue weighted by Gasteiger charge is 2.13. The van der Waals surface area contributed by atoms with Crippen LogP contribution in [0.1, 0.15) is 11.1 Å². The van der Waals surface area contributed by atoms with Gasteiger partial charge in [0.05, 0.1) is 6.54 Å². The van der Waals surface area contributed by atoms with E-state index in [4.69, 9.17) is 4.42 Å². The van der Waals surface area contributed by atoms with Gasteiger partial charge in [-0.25, -0.2) is 9.97 Å². The first kappa shape index (κ1) is 15.6. The standard InChI is InChI=1S/C21H17N5O/c1-2-7-16(13-26-11-5-10-25-26)15(6-1)12-22-21-20-19(23-14-24-21)17-8-3-4-9-18(17)27-20/h1-11,14H,12-13H2,(H,22,23,24). The van der Waals surface area contributed by atoms with Gasteiger partial charge < -0.3 is 9.73 Å². The molecule has 132 valence electrons. The van der Waals surface area contributed by atoms with E-state index < -0.39 is 0 Å². The summed E-state index contributed by atoms with van der Waals surface area (Å²) in [7, 11) is 0. The predicted molar refractivity (Wildman–Crippen MR) is 104 cm³/mol. The maximum atomic E-state index is 5.99. The highest BCUT2D eigenvalue weighted by Crippen LogP contribution is 2.30. The Balaban J connectivity index is 1.45. The first-order chi connectivity index (χ1) is 13.4. The van der Waals surface area contributed by atoms with Crippen molar-refractivity contribution in [1.29, 1.82) is 0 Å². The first-order valence-electron chi connectivity index (χ1n) is 8.79. The molecular formula is C21H17N5O. The molecule has 2 aromatic carbocycles. The molecular weight excluding hydrogens is 338 g/mol. The van der Waals surface area contributed by atoms with Crippen molar-refractivity contribution >= 4 is 27.9 Å². The Labute approximate surface area is 155 Å². The van der Waals surface area contributed by atoms with E-state index in [1.807, 2.05) is 53.3 Å². The van der Waals surface area contributed by atoms with Gasteiger partial charge in [0.2, 0.25) is 0 Å². The van der Waals surface area contributed by atoms with Crippen molar-refractivity contribution < 1.29 is 4.42 Å². The highest BCUT2D eigenvalue weighted by molar-refractivity contribution is 6.05. The quantitative estimate of drug-likeness (QED) is 0.511. The zero-order valence-corrected chi connectivity index (χ0v) is 14.5. The number of para-hydroxylation sites is 1. The van der Waals surface area contributed by atoms with Crippen molar-refractivity contribution in [3.63, 3.8) is 0 Å². The van der Waals surface area contributed by atoms with Crippen LogP contribution < -0.4 is 5.32 Å². The van der Waals surface area contributed by atoms with Gasteiger partial charge in [-0.15, -0.1) is 0 Å². The molecule has 0 saturated carbocycles. The van der Waals surface area contributed by atoms with Crippen molar-refractivity contribution in [2.24, 2.45) is 0 Å². The molecule has 3 aromatic heterocycles. The molecule has 0 saturated heterocycles. The van der Waals surface area contributed by atoms with E-state index >= 15 is 0 Å². The molecule has 0 unspecified atom stereocenters. The number of nitrogens with zero attached hydrogens (tertiary/aromatic N) is 4. The van der Waals surface area contributed by atoms with Gasteiger partial charge >= 0.3 is 0 Å². The summed E-state index contributed by atoms with van der Waals surface area (Å²) in [6, 6.07) is 18.1. The van der Waals surface area contributed by atoms with Gasteiger partial charge in [0.25, 0.3) is 0 Å². The molecule has 27 heavy (non-hydrogen) atoms. The van der Waals surface area contributed by atoms with Gasteiger partial charge in [-0.1, -0.05) is 36.4 Å². The summed E-state index contributed by atoms with van der Waals surface area (Å²) < 4.78 is 7.90. The zero-order chi connectivity index (χ0) is 18.1. The molecule has 0 radical (unpaired) electrons. The molecule has 5 aromatic rings. The normalized spacial score (nSPS) is 11.3. The van der Waals surface area contributed by atoms with Crippen LogP contribution in [0.5, 0.6) is 0 Å². The lowest BCUT2D eigenvalue weighted by molar-refractivity contribution is 0.666. The van der Waals surface area contributed by atoms with Crippen LogP contribution in [-0.4, -0.2) is 19.7 Å². The second-order valence-corrected chi connectivity index (χ2v) is 6.32. The minimum absolute atomic E-state index is 0.639. The molecule has 0 fully saturated rings. The number of anilines is 1. The molecule has 0 aliphatic carbocycles. The third-order valence-corrected chi connectivity index (χ3v) is 4.61. The third kappa shape index (κ3) is 2.91. The van der Waals surface area contributed by atoms with Gasteiger partial charge in [0.1, 0.15) is 17.4 Å². The molecule has 3 heterocycles. The fourth-order valence-corrected chi connectivity index (χ4v) is 3.28. The number of furan rings is 1. The lowest BCUT2D eigenvalue weighted by Gasteiger charge is -2.11. The fourth-order valence-electron chi connectivity index (χ4n) is 3.28. The molecule has 0 atom stereocenters. The highest BCUT2D eigenvalue weighted by atomic mass is 16.3. The maximum Gasteiger partial charge on any atom is 0.196 e. The van der Waals surface area contributed by atoms with E-state index in [-0.39, 0.29) is 0 Å². The molecule has 0 spiro atoms. The van der Waals surface area contributed by atoms with E-state index in [0.29, 0.717) is 17.9 Å². The van der Waals surface area contributed by atoms with E-state index in [0.717, 1.165) is 23.0 Å². The molecule has 6 heteroatoms. The van der Waals surface area contributed by atoms with Crippen molar-refractivity contribution in [2.75, 3.05) is 5.32 Å². The van der Waals surface area contributed by atoms with Crippen LogP contribution in [0.2, 0.25) is 0 Å². The van der Waals surface area contributed by atoms with Crippen molar-refractivity contribution in [1.82, 2.24) is 19.7 Å². The largest absolute Gasteiger partial charge is 0.450 e. The average molecular weight is 355 g/mol. The zero-order valence-electron chi connectivity index (χ0n) is 14.5. The van der Waals surface area contributed by atoms with E-state index in [9.17, 15) is 0 Å². The van der Waals surface area contributed by atoms with E-state index in [2.05, 4.69) is 32.5 Å². The number of hydrogen-bond acceptors (Lipinski definition) is 5. The first-order valence-corrected chi connectivity index (χ1v) is 8.79. The van der Waals surface area contributed by atoms with Crippen molar-refractivity contribution in [3.05, 3.63) is 84.4 Å². The SMILES string of the molecule is c1ccc(Cn2cccn2)c(CNc2ncnc3c2oc2ccccc23)c1. The van der Waals surface area contributed by atoms with Crippen LogP contribution in [0.25, 0.3) is 22.1 Å². The Bertz CT molecular complexity index is 1210.